The van der Waals surface area contributed by atoms with E-state index in [0.717, 1.165) is 0 Å². The zero-order valence-corrected chi connectivity index (χ0v) is 7.68. The largest absolute Gasteiger partial charge is 0.508 e. The lowest BCUT2D eigenvalue weighted by atomic mass is 10.3. The molecular formula is C10H9NO4. The molecular weight excluding hydrogens is 198 g/mol. The number of nitrogens with one attached hydrogen (secondary N) is 1. The minimum Gasteiger partial charge on any atom is -0.508 e. The van der Waals surface area contributed by atoms with Crippen molar-refractivity contribution in [1.29, 1.82) is 0 Å². The Balaban J connectivity index is 0.000000151. The van der Waals surface area contributed by atoms with E-state index in [2.05, 4.69) is 0 Å². The molecule has 0 aromatic heterocycles. The number of rotatable bonds is 0. The van der Waals surface area contributed by atoms with Crippen LogP contribution < -0.4 is 5.32 Å². The number of carbonyl (C=O) groups is 2. The van der Waals surface area contributed by atoms with Crippen molar-refractivity contribution in [1.82, 2.24) is 5.32 Å². The zero-order chi connectivity index (χ0) is 11.3. The summed E-state index contributed by atoms with van der Waals surface area (Å²) >= 11 is 0. The van der Waals surface area contributed by atoms with E-state index in [1.807, 2.05) is 5.32 Å². The lowest BCUT2D eigenvalue weighted by molar-refractivity contribution is -0.123. The van der Waals surface area contributed by atoms with Crippen LogP contribution in [0, 0.1) is 0 Å². The van der Waals surface area contributed by atoms with Crippen molar-refractivity contribution in [2.45, 2.75) is 0 Å². The number of hydrogen-bond donors (Lipinski definition) is 3. The number of phenols is 2. The summed E-state index contributed by atoms with van der Waals surface area (Å²) in [5.41, 5.74) is 0. The molecule has 0 fully saturated rings. The van der Waals surface area contributed by atoms with Crippen LogP contribution in [-0.4, -0.2) is 22.0 Å². The maximum Gasteiger partial charge on any atom is 0.250 e. The Morgan fingerprint density at radius 1 is 0.800 bits per heavy atom. The number of phenolic OH excluding ortho intramolecular Hbond substituents is 2. The second-order valence-corrected chi connectivity index (χ2v) is 2.70. The summed E-state index contributed by atoms with van der Waals surface area (Å²) in [5.74, 6) is -0.319. The molecule has 0 atom stereocenters. The van der Waals surface area contributed by atoms with Crippen molar-refractivity contribution in [3.63, 3.8) is 0 Å². The summed E-state index contributed by atoms with van der Waals surface area (Å²) in [7, 11) is 0. The molecule has 5 heteroatoms. The normalized spacial score (nSPS) is 13.1. The predicted molar refractivity (Wildman–Crippen MR) is 52.1 cm³/mol. The molecule has 0 unspecified atom stereocenters. The molecule has 1 aliphatic rings. The maximum atomic E-state index is 10.0. The van der Waals surface area contributed by atoms with E-state index in [4.69, 9.17) is 10.2 Å². The third kappa shape index (κ3) is 3.95. The molecule has 0 saturated heterocycles. The van der Waals surface area contributed by atoms with Gasteiger partial charge in [0.25, 0.3) is 11.8 Å². The zero-order valence-electron chi connectivity index (χ0n) is 7.68. The fourth-order valence-corrected chi connectivity index (χ4v) is 0.809. The van der Waals surface area contributed by atoms with E-state index in [9.17, 15) is 9.59 Å². The molecule has 0 spiro atoms. The number of amides is 2. The standard InChI is InChI=1S/C6H6O2.C4H3NO2/c7-5-1-2-6(8)4-3-5;6-3-1-2-4(7)5-3/h1-4,7-8H;1-2H,(H,5,6,7). The smallest absolute Gasteiger partial charge is 0.250 e. The first-order chi connectivity index (χ1) is 7.08. The first kappa shape index (κ1) is 10.8. The first-order valence-electron chi connectivity index (χ1n) is 4.09. The number of imide groups is 1. The van der Waals surface area contributed by atoms with Gasteiger partial charge in [0.1, 0.15) is 11.5 Å². The number of hydrogen-bond acceptors (Lipinski definition) is 4. The van der Waals surface area contributed by atoms with Crippen LogP contribution >= 0.6 is 0 Å². The summed E-state index contributed by atoms with van der Waals surface area (Å²) < 4.78 is 0. The highest BCUT2D eigenvalue weighted by Crippen LogP contribution is 2.13. The molecule has 0 saturated carbocycles. The minimum absolute atomic E-state index is 0.169. The Morgan fingerprint density at radius 3 is 1.33 bits per heavy atom. The van der Waals surface area contributed by atoms with Crippen molar-refractivity contribution in [3.05, 3.63) is 36.4 Å². The Bertz CT molecular complexity index is 357. The van der Waals surface area contributed by atoms with Gasteiger partial charge in [-0.25, -0.2) is 0 Å². The summed E-state index contributed by atoms with van der Waals surface area (Å²) in [6, 6.07) is 5.70. The fraction of sp³-hybridized carbons (Fsp3) is 0. The van der Waals surface area contributed by atoms with Crippen molar-refractivity contribution in [2.75, 3.05) is 0 Å². The summed E-state index contributed by atoms with van der Waals surface area (Å²) in [5, 5.41) is 19.3. The average molecular weight is 207 g/mol. The highest BCUT2D eigenvalue weighted by molar-refractivity contribution is 6.12. The maximum absolute atomic E-state index is 10.0. The molecule has 0 bridgehead atoms. The lowest BCUT2D eigenvalue weighted by Gasteiger charge is -1.88. The van der Waals surface area contributed by atoms with Crippen LogP contribution in [0.15, 0.2) is 36.4 Å². The molecule has 2 rings (SSSR count). The lowest BCUT2D eigenvalue weighted by Crippen LogP contribution is -2.19. The van der Waals surface area contributed by atoms with E-state index in [1.54, 1.807) is 0 Å². The van der Waals surface area contributed by atoms with Gasteiger partial charge in [0.05, 0.1) is 0 Å². The Morgan fingerprint density at radius 2 is 1.13 bits per heavy atom. The molecule has 15 heavy (non-hydrogen) atoms. The van der Waals surface area contributed by atoms with Gasteiger partial charge in [-0.3, -0.25) is 14.9 Å². The Kier molecular flexibility index (Phi) is 3.45. The van der Waals surface area contributed by atoms with Gasteiger partial charge in [-0.1, -0.05) is 0 Å². The Hall–Kier alpha value is -2.30. The second-order valence-electron chi connectivity index (χ2n) is 2.70. The van der Waals surface area contributed by atoms with Crippen molar-refractivity contribution in [3.8, 4) is 11.5 Å². The van der Waals surface area contributed by atoms with Gasteiger partial charge in [-0.2, -0.15) is 0 Å². The highest BCUT2D eigenvalue weighted by Gasteiger charge is 2.06. The number of benzene rings is 1. The monoisotopic (exact) mass is 207 g/mol. The van der Waals surface area contributed by atoms with Crippen LogP contribution in [0.2, 0.25) is 0 Å². The van der Waals surface area contributed by atoms with Gasteiger partial charge < -0.3 is 10.2 Å². The fourth-order valence-electron chi connectivity index (χ4n) is 0.809. The summed E-state index contributed by atoms with van der Waals surface area (Å²) in [6.07, 6.45) is 2.39. The van der Waals surface area contributed by atoms with E-state index < -0.39 is 0 Å². The van der Waals surface area contributed by atoms with Crippen LogP contribution in [-0.2, 0) is 9.59 Å². The van der Waals surface area contributed by atoms with Crippen molar-refractivity contribution in [2.24, 2.45) is 0 Å². The van der Waals surface area contributed by atoms with E-state index >= 15 is 0 Å². The molecule has 1 aromatic rings. The molecule has 0 aliphatic carbocycles. The third-order valence-corrected chi connectivity index (χ3v) is 1.48. The second kappa shape index (κ2) is 4.80. The van der Waals surface area contributed by atoms with Gasteiger partial charge in [0.15, 0.2) is 0 Å². The van der Waals surface area contributed by atoms with Gasteiger partial charge in [0.2, 0.25) is 0 Å². The van der Waals surface area contributed by atoms with Gasteiger partial charge >= 0.3 is 0 Å². The van der Waals surface area contributed by atoms with Gasteiger partial charge in [-0.15, -0.1) is 0 Å². The summed E-state index contributed by atoms with van der Waals surface area (Å²) in [6.45, 7) is 0. The minimum atomic E-state index is -0.329. The first-order valence-corrected chi connectivity index (χ1v) is 4.09. The van der Waals surface area contributed by atoms with E-state index in [1.165, 1.54) is 36.4 Å². The van der Waals surface area contributed by atoms with Crippen LogP contribution in [0.3, 0.4) is 0 Å². The van der Waals surface area contributed by atoms with Gasteiger partial charge in [0, 0.05) is 12.2 Å². The Labute approximate surface area is 85.7 Å². The number of carbonyl (C=O) groups excluding carboxylic acids is 2. The molecule has 1 heterocycles. The van der Waals surface area contributed by atoms with Crippen LogP contribution in [0.25, 0.3) is 0 Å². The SMILES string of the molecule is O=C1C=CC(=O)N1.Oc1ccc(O)cc1. The average Bonchev–Trinajstić information content (AvgIpc) is 2.56. The molecule has 2 amide bonds. The molecule has 5 nitrogen and oxygen atoms in total. The molecule has 0 radical (unpaired) electrons. The third-order valence-electron chi connectivity index (χ3n) is 1.48. The van der Waals surface area contributed by atoms with Crippen LogP contribution in [0.4, 0.5) is 0 Å². The van der Waals surface area contributed by atoms with E-state index in [-0.39, 0.29) is 23.3 Å². The topological polar surface area (TPSA) is 86.6 Å². The summed E-state index contributed by atoms with van der Waals surface area (Å²) in [4.78, 5) is 20.1. The van der Waals surface area contributed by atoms with Crippen molar-refractivity contribution < 1.29 is 19.8 Å². The molecule has 1 aromatic carbocycles. The number of aromatic hydroxyl groups is 2. The highest BCUT2D eigenvalue weighted by atomic mass is 16.3. The van der Waals surface area contributed by atoms with Crippen LogP contribution in [0.1, 0.15) is 0 Å². The van der Waals surface area contributed by atoms with Gasteiger partial charge in [-0.05, 0) is 24.3 Å². The quantitative estimate of drug-likeness (QED) is 0.421. The molecule has 78 valence electrons. The predicted octanol–water partition coefficient (Wildman–Crippen LogP) is 0.297. The molecule has 1 aliphatic heterocycles. The van der Waals surface area contributed by atoms with E-state index in [0.29, 0.717) is 0 Å². The van der Waals surface area contributed by atoms with Crippen molar-refractivity contribution >= 4 is 11.8 Å². The molecule has 3 N–H and O–H groups in total. The van der Waals surface area contributed by atoms with Crippen LogP contribution in [0.5, 0.6) is 11.5 Å².